The van der Waals surface area contributed by atoms with Crippen LogP contribution in [0.1, 0.15) is 25.7 Å². The number of benzene rings is 1. The smallest absolute Gasteiger partial charge is 0.264 e. The predicted molar refractivity (Wildman–Crippen MR) is 83.8 cm³/mol. The van der Waals surface area contributed by atoms with E-state index in [0.29, 0.717) is 5.92 Å². The van der Waals surface area contributed by atoms with Gasteiger partial charge >= 0.3 is 0 Å². The molecule has 2 bridgehead atoms. The summed E-state index contributed by atoms with van der Waals surface area (Å²) in [4.78, 5) is 12.0. The van der Waals surface area contributed by atoms with Crippen molar-refractivity contribution in [2.75, 3.05) is 6.26 Å². The molecule has 0 unspecified atom stereocenters. The minimum atomic E-state index is -4.06. The van der Waals surface area contributed by atoms with E-state index in [1.807, 2.05) is 0 Å². The van der Waals surface area contributed by atoms with Gasteiger partial charge < -0.3 is 0 Å². The SMILES string of the molecule is CS(=O)(=O)c1cccc(S(=O)(=O)NC(=O)[C@@H]2C[C@H]3CC[C@H]2C3)c1. The summed E-state index contributed by atoms with van der Waals surface area (Å²) in [5.41, 5.74) is 0. The molecule has 1 N–H and O–H groups in total. The maximum absolute atomic E-state index is 12.4. The minimum absolute atomic E-state index is 0.0900. The summed E-state index contributed by atoms with van der Waals surface area (Å²) in [6.45, 7) is 0. The Labute approximate surface area is 136 Å². The summed E-state index contributed by atoms with van der Waals surface area (Å²) in [5, 5.41) is 0. The number of rotatable bonds is 4. The molecule has 0 aliphatic heterocycles. The first-order valence-corrected chi connectivity index (χ1v) is 10.9. The highest BCUT2D eigenvalue weighted by atomic mass is 32.2. The second-order valence-corrected chi connectivity index (χ2v) is 10.2. The van der Waals surface area contributed by atoms with Crippen molar-refractivity contribution in [3.05, 3.63) is 24.3 Å². The van der Waals surface area contributed by atoms with E-state index in [2.05, 4.69) is 4.72 Å². The van der Waals surface area contributed by atoms with Crippen LogP contribution in [0.25, 0.3) is 0 Å². The van der Waals surface area contributed by atoms with Crippen LogP contribution in [0.2, 0.25) is 0 Å². The fourth-order valence-electron chi connectivity index (χ4n) is 3.70. The van der Waals surface area contributed by atoms with E-state index in [-0.39, 0.29) is 21.6 Å². The van der Waals surface area contributed by atoms with Crippen LogP contribution in [-0.2, 0) is 24.7 Å². The van der Waals surface area contributed by atoms with Crippen LogP contribution in [0.15, 0.2) is 34.1 Å². The summed E-state index contributed by atoms with van der Waals surface area (Å²) in [7, 11) is -7.57. The number of carbonyl (C=O) groups is 1. The molecule has 0 spiro atoms. The number of hydrogen-bond donors (Lipinski definition) is 1. The van der Waals surface area contributed by atoms with Gasteiger partial charge in [-0.05, 0) is 49.3 Å². The van der Waals surface area contributed by atoms with Gasteiger partial charge in [-0.2, -0.15) is 0 Å². The van der Waals surface area contributed by atoms with E-state index in [4.69, 9.17) is 0 Å². The number of nitrogens with one attached hydrogen (secondary N) is 1. The predicted octanol–water partition coefficient (Wildman–Crippen LogP) is 1.33. The minimum Gasteiger partial charge on any atom is -0.274 e. The zero-order chi connectivity index (χ0) is 16.8. The van der Waals surface area contributed by atoms with Crippen molar-refractivity contribution in [1.82, 2.24) is 4.72 Å². The van der Waals surface area contributed by atoms with Gasteiger partial charge in [-0.15, -0.1) is 0 Å². The molecule has 2 aliphatic carbocycles. The molecule has 6 nitrogen and oxygen atoms in total. The number of sulfone groups is 1. The Bertz CT molecular complexity index is 844. The van der Waals surface area contributed by atoms with Crippen LogP contribution in [-0.4, -0.2) is 29.0 Å². The normalized spacial score (nSPS) is 27.1. The molecular weight excluding hydrogens is 338 g/mol. The molecule has 2 aliphatic rings. The second kappa shape index (κ2) is 5.59. The molecule has 0 radical (unpaired) electrons. The topological polar surface area (TPSA) is 97.4 Å². The molecule has 0 saturated heterocycles. The Morgan fingerprint density at radius 3 is 2.35 bits per heavy atom. The third-order valence-electron chi connectivity index (χ3n) is 4.85. The number of sulfonamides is 1. The molecule has 1 aromatic carbocycles. The number of amides is 1. The number of hydrogen-bond acceptors (Lipinski definition) is 5. The standard InChI is InChI=1S/C15H19NO5S2/c1-22(18,19)12-3-2-4-13(9-12)23(20,21)16-15(17)14-8-10-5-6-11(14)7-10/h2-4,9-11,14H,5-8H2,1H3,(H,16,17)/t10-,11-,14+/m0/s1. The van der Waals surface area contributed by atoms with E-state index < -0.39 is 25.8 Å². The summed E-state index contributed by atoms with van der Waals surface area (Å²) < 4.78 is 49.9. The van der Waals surface area contributed by atoms with Crippen molar-refractivity contribution in [3.63, 3.8) is 0 Å². The first-order chi connectivity index (χ1) is 10.7. The van der Waals surface area contributed by atoms with Gasteiger partial charge in [-0.25, -0.2) is 21.6 Å². The highest BCUT2D eigenvalue weighted by Crippen LogP contribution is 2.48. The van der Waals surface area contributed by atoms with Crippen LogP contribution >= 0.6 is 0 Å². The summed E-state index contributed by atoms with van der Waals surface area (Å²) in [5.74, 6) is 0.0909. The molecule has 2 fully saturated rings. The Morgan fingerprint density at radius 2 is 1.78 bits per heavy atom. The zero-order valence-electron chi connectivity index (χ0n) is 12.7. The number of carbonyl (C=O) groups excluding carboxylic acids is 1. The molecule has 126 valence electrons. The fraction of sp³-hybridized carbons (Fsp3) is 0.533. The van der Waals surface area contributed by atoms with Crippen molar-refractivity contribution in [3.8, 4) is 0 Å². The van der Waals surface area contributed by atoms with Gasteiger partial charge in [0.1, 0.15) is 0 Å². The third-order valence-corrected chi connectivity index (χ3v) is 7.31. The Hall–Kier alpha value is -1.41. The van der Waals surface area contributed by atoms with E-state index in [1.165, 1.54) is 18.2 Å². The highest BCUT2D eigenvalue weighted by molar-refractivity contribution is 7.91. The molecule has 1 aromatic rings. The molecule has 0 aromatic heterocycles. The molecule has 2 saturated carbocycles. The summed E-state index contributed by atoms with van der Waals surface area (Å²) >= 11 is 0. The molecule has 8 heteroatoms. The van der Waals surface area contributed by atoms with Crippen LogP contribution in [0.3, 0.4) is 0 Å². The van der Waals surface area contributed by atoms with Crippen molar-refractivity contribution in [2.45, 2.75) is 35.5 Å². The van der Waals surface area contributed by atoms with Crippen molar-refractivity contribution < 1.29 is 21.6 Å². The van der Waals surface area contributed by atoms with Crippen molar-refractivity contribution in [1.29, 1.82) is 0 Å². The Morgan fingerprint density at radius 1 is 1.09 bits per heavy atom. The lowest BCUT2D eigenvalue weighted by atomic mass is 9.88. The molecular formula is C15H19NO5S2. The van der Waals surface area contributed by atoms with Gasteiger partial charge in [0, 0.05) is 12.2 Å². The number of fused-ring (bicyclic) bond motifs is 2. The van der Waals surface area contributed by atoms with Crippen LogP contribution in [0.5, 0.6) is 0 Å². The average molecular weight is 357 g/mol. The summed E-state index contributed by atoms with van der Waals surface area (Å²) in [6.07, 6.45) is 4.85. The molecule has 23 heavy (non-hydrogen) atoms. The molecule has 0 heterocycles. The summed E-state index contributed by atoms with van der Waals surface area (Å²) in [6, 6.07) is 5.04. The first kappa shape index (κ1) is 16.4. The molecule has 1 amide bonds. The molecule has 3 atom stereocenters. The lowest BCUT2D eigenvalue weighted by molar-refractivity contribution is -0.124. The lowest BCUT2D eigenvalue weighted by Crippen LogP contribution is -2.37. The van der Waals surface area contributed by atoms with Gasteiger partial charge in [0.25, 0.3) is 10.0 Å². The fourth-order valence-corrected chi connectivity index (χ4v) is 5.52. The maximum Gasteiger partial charge on any atom is 0.264 e. The second-order valence-electron chi connectivity index (χ2n) is 6.50. The quantitative estimate of drug-likeness (QED) is 0.877. The average Bonchev–Trinajstić information content (AvgIpc) is 3.09. The Balaban J connectivity index is 1.81. The van der Waals surface area contributed by atoms with Gasteiger partial charge in [0.05, 0.1) is 9.79 Å². The van der Waals surface area contributed by atoms with Crippen LogP contribution < -0.4 is 4.72 Å². The van der Waals surface area contributed by atoms with E-state index in [1.54, 1.807) is 0 Å². The maximum atomic E-state index is 12.4. The lowest BCUT2D eigenvalue weighted by Gasteiger charge is -2.20. The van der Waals surface area contributed by atoms with Gasteiger partial charge in [0.15, 0.2) is 9.84 Å². The van der Waals surface area contributed by atoms with Gasteiger partial charge in [-0.1, -0.05) is 12.5 Å². The van der Waals surface area contributed by atoms with E-state index >= 15 is 0 Å². The largest absolute Gasteiger partial charge is 0.274 e. The van der Waals surface area contributed by atoms with Gasteiger partial charge in [0.2, 0.25) is 5.91 Å². The first-order valence-electron chi connectivity index (χ1n) is 7.53. The van der Waals surface area contributed by atoms with Crippen LogP contribution in [0.4, 0.5) is 0 Å². The Kier molecular flexibility index (Phi) is 4.00. The highest BCUT2D eigenvalue weighted by Gasteiger charge is 2.43. The van der Waals surface area contributed by atoms with Gasteiger partial charge in [-0.3, -0.25) is 4.79 Å². The van der Waals surface area contributed by atoms with E-state index in [0.717, 1.165) is 38.0 Å². The monoisotopic (exact) mass is 357 g/mol. The third kappa shape index (κ3) is 3.28. The van der Waals surface area contributed by atoms with Crippen LogP contribution in [0, 0.1) is 17.8 Å². The molecule has 3 rings (SSSR count). The zero-order valence-corrected chi connectivity index (χ0v) is 14.4. The van der Waals surface area contributed by atoms with Crippen molar-refractivity contribution in [2.24, 2.45) is 17.8 Å². The van der Waals surface area contributed by atoms with Crippen molar-refractivity contribution >= 4 is 25.8 Å². The van der Waals surface area contributed by atoms with E-state index in [9.17, 15) is 21.6 Å².